The van der Waals surface area contributed by atoms with Crippen LogP contribution in [0.15, 0.2) is 16.9 Å². The number of nitrogens with zero attached hydrogens (tertiary/aromatic N) is 1. The first-order chi connectivity index (χ1) is 9.01. The highest BCUT2D eigenvalue weighted by Gasteiger charge is 2.16. The highest BCUT2D eigenvalue weighted by molar-refractivity contribution is 5.69. The van der Waals surface area contributed by atoms with Gasteiger partial charge in [-0.3, -0.25) is 14.6 Å². The lowest BCUT2D eigenvalue weighted by molar-refractivity contribution is 0.411. The second kappa shape index (κ2) is 4.93. The van der Waals surface area contributed by atoms with Gasteiger partial charge in [0.25, 0.3) is 5.56 Å². The number of hydrogen-bond donors (Lipinski definition) is 2. The highest BCUT2D eigenvalue weighted by Crippen LogP contribution is 2.30. The first kappa shape index (κ1) is 13.4. The summed E-state index contributed by atoms with van der Waals surface area (Å²) in [5.74, 6) is 0.842. The van der Waals surface area contributed by atoms with Crippen molar-refractivity contribution in [1.29, 1.82) is 0 Å². The molecule has 0 fully saturated rings. The molecule has 1 aromatic heterocycles. The molecule has 19 heavy (non-hydrogen) atoms. The van der Waals surface area contributed by atoms with E-state index in [0.717, 1.165) is 28.1 Å². The number of methoxy groups -OCH3 is 1. The summed E-state index contributed by atoms with van der Waals surface area (Å²) in [5.41, 5.74) is 10.1. The van der Waals surface area contributed by atoms with Crippen molar-refractivity contribution in [2.24, 2.45) is 12.8 Å². The summed E-state index contributed by atoms with van der Waals surface area (Å²) in [6, 6.07) is 3.86. The van der Waals surface area contributed by atoms with Crippen molar-refractivity contribution >= 4 is 0 Å². The summed E-state index contributed by atoms with van der Waals surface area (Å²) < 4.78 is 6.76. The Bertz CT molecular complexity index is 668. The summed E-state index contributed by atoms with van der Waals surface area (Å²) in [5, 5.41) is 3.07. The smallest absolute Gasteiger partial charge is 0.271 e. The zero-order chi connectivity index (χ0) is 14.2. The summed E-state index contributed by atoms with van der Waals surface area (Å²) in [4.78, 5) is 11.9. The Hall–Kier alpha value is -2.01. The predicted molar refractivity (Wildman–Crippen MR) is 75.4 cm³/mol. The van der Waals surface area contributed by atoms with Crippen molar-refractivity contribution in [3.05, 3.63) is 39.2 Å². The fraction of sp³-hybridized carbons (Fsp3) is 0.357. The molecule has 0 radical (unpaired) electrons. The molecule has 0 saturated heterocycles. The molecule has 102 valence electrons. The van der Waals surface area contributed by atoms with Gasteiger partial charge in [0.05, 0.1) is 18.4 Å². The summed E-state index contributed by atoms with van der Waals surface area (Å²) >= 11 is 0. The molecule has 0 aliphatic heterocycles. The third-order valence-electron chi connectivity index (χ3n) is 3.57. The fourth-order valence-corrected chi connectivity index (χ4v) is 2.30. The molecular weight excluding hydrogens is 242 g/mol. The first-order valence-electron chi connectivity index (χ1n) is 6.13. The van der Waals surface area contributed by atoms with Gasteiger partial charge in [0, 0.05) is 19.2 Å². The zero-order valence-corrected chi connectivity index (χ0v) is 11.7. The van der Waals surface area contributed by atoms with Crippen LogP contribution in [-0.4, -0.2) is 16.9 Å². The van der Waals surface area contributed by atoms with Crippen LogP contribution in [0.25, 0.3) is 11.3 Å². The van der Waals surface area contributed by atoms with E-state index >= 15 is 0 Å². The average molecular weight is 261 g/mol. The molecule has 3 N–H and O–H groups in total. The number of aromatic nitrogens is 2. The van der Waals surface area contributed by atoms with Crippen LogP contribution in [0.1, 0.15) is 16.7 Å². The van der Waals surface area contributed by atoms with Crippen LogP contribution in [0, 0.1) is 13.8 Å². The minimum Gasteiger partial charge on any atom is -0.496 e. The Morgan fingerprint density at radius 1 is 1.32 bits per heavy atom. The minimum absolute atomic E-state index is 0.0784. The van der Waals surface area contributed by atoms with Gasteiger partial charge in [-0.2, -0.15) is 0 Å². The Morgan fingerprint density at radius 3 is 2.58 bits per heavy atom. The number of aromatic amines is 1. The lowest BCUT2D eigenvalue weighted by atomic mass is 9.98. The molecule has 0 aliphatic rings. The average Bonchev–Trinajstić information content (AvgIpc) is 2.68. The van der Waals surface area contributed by atoms with Gasteiger partial charge in [0.15, 0.2) is 0 Å². The van der Waals surface area contributed by atoms with Crippen molar-refractivity contribution in [3.8, 4) is 17.0 Å². The molecule has 0 amide bonds. The largest absolute Gasteiger partial charge is 0.496 e. The van der Waals surface area contributed by atoms with Gasteiger partial charge < -0.3 is 10.5 Å². The van der Waals surface area contributed by atoms with Crippen molar-refractivity contribution in [1.82, 2.24) is 9.78 Å². The van der Waals surface area contributed by atoms with Crippen LogP contribution < -0.4 is 16.0 Å². The minimum atomic E-state index is -0.0784. The van der Waals surface area contributed by atoms with Gasteiger partial charge >= 0.3 is 0 Å². The van der Waals surface area contributed by atoms with Gasteiger partial charge in [0.1, 0.15) is 5.75 Å². The number of H-pyrrole nitrogens is 1. The van der Waals surface area contributed by atoms with E-state index in [4.69, 9.17) is 10.5 Å². The summed E-state index contributed by atoms with van der Waals surface area (Å²) in [6.07, 6.45) is 0. The third kappa shape index (κ3) is 2.06. The van der Waals surface area contributed by atoms with Crippen LogP contribution in [-0.2, 0) is 13.6 Å². The maximum Gasteiger partial charge on any atom is 0.271 e. The number of aryl methyl sites for hydroxylation is 1. The SMILES string of the molecule is COc1ccc(-c2[nH]n(C)c(=O)c2CN)c(C)c1C. The van der Waals surface area contributed by atoms with Crippen LogP contribution in [0.5, 0.6) is 5.75 Å². The molecule has 0 saturated carbocycles. The summed E-state index contributed by atoms with van der Waals surface area (Å²) in [7, 11) is 3.34. The van der Waals surface area contributed by atoms with E-state index in [1.807, 2.05) is 26.0 Å². The van der Waals surface area contributed by atoms with E-state index in [1.54, 1.807) is 14.2 Å². The lowest BCUT2D eigenvalue weighted by Crippen LogP contribution is -2.17. The Kier molecular flexibility index (Phi) is 3.48. The van der Waals surface area contributed by atoms with Crippen LogP contribution in [0.3, 0.4) is 0 Å². The lowest BCUT2D eigenvalue weighted by Gasteiger charge is -2.12. The van der Waals surface area contributed by atoms with Gasteiger partial charge in [-0.1, -0.05) is 0 Å². The molecule has 0 unspecified atom stereocenters. The van der Waals surface area contributed by atoms with Gasteiger partial charge in [-0.25, -0.2) is 0 Å². The molecule has 5 nitrogen and oxygen atoms in total. The van der Waals surface area contributed by atoms with E-state index in [-0.39, 0.29) is 12.1 Å². The quantitative estimate of drug-likeness (QED) is 0.878. The molecular formula is C14H19N3O2. The van der Waals surface area contributed by atoms with E-state index in [9.17, 15) is 4.79 Å². The third-order valence-corrected chi connectivity index (χ3v) is 3.57. The topological polar surface area (TPSA) is 73.0 Å². The predicted octanol–water partition coefficient (Wildman–Crippen LogP) is 1.46. The molecule has 2 aromatic rings. The maximum atomic E-state index is 11.9. The van der Waals surface area contributed by atoms with Crippen molar-refractivity contribution in [3.63, 3.8) is 0 Å². The van der Waals surface area contributed by atoms with Crippen molar-refractivity contribution < 1.29 is 4.74 Å². The first-order valence-corrected chi connectivity index (χ1v) is 6.13. The van der Waals surface area contributed by atoms with Crippen LogP contribution in [0.4, 0.5) is 0 Å². The Labute approximate surface area is 112 Å². The molecule has 0 atom stereocenters. The van der Waals surface area contributed by atoms with E-state index < -0.39 is 0 Å². The number of nitrogens with two attached hydrogens (primary N) is 1. The molecule has 1 heterocycles. The van der Waals surface area contributed by atoms with Crippen LogP contribution in [0.2, 0.25) is 0 Å². The monoisotopic (exact) mass is 261 g/mol. The number of rotatable bonds is 3. The van der Waals surface area contributed by atoms with E-state index in [1.165, 1.54) is 4.68 Å². The van der Waals surface area contributed by atoms with Crippen molar-refractivity contribution in [2.45, 2.75) is 20.4 Å². The van der Waals surface area contributed by atoms with Gasteiger partial charge in [0.2, 0.25) is 0 Å². The second-order valence-electron chi connectivity index (χ2n) is 4.60. The van der Waals surface area contributed by atoms with E-state index in [2.05, 4.69) is 5.10 Å². The number of benzene rings is 1. The van der Waals surface area contributed by atoms with Crippen molar-refractivity contribution in [2.75, 3.05) is 7.11 Å². The molecule has 1 aromatic carbocycles. The summed E-state index contributed by atoms with van der Waals surface area (Å²) in [6.45, 7) is 4.23. The number of nitrogens with one attached hydrogen (secondary N) is 1. The molecule has 0 aliphatic carbocycles. The molecule has 0 bridgehead atoms. The zero-order valence-electron chi connectivity index (χ0n) is 11.7. The van der Waals surface area contributed by atoms with Gasteiger partial charge in [-0.05, 0) is 37.1 Å². The second-order valence-corrected chi connectivity index (χ2v) is 4.60. The maximum absolute atomic E-state index is 11.9. The normalized spacial score (nSPS) is 10.8. The highest BCUT2D eigenvalue weighted by atomic mass is 16.5. The van der Waals surface area contributed by atoms with Crippen LogP contribution >= 0.6 is 0 Å². The fourth-order valence-electron chi connectivity index (χ4n) is 2.30. The molecule has 0 spiro atoms. The molecule has 2 rings (SSSR count). The number of hydrogen-bond acceptors (Lipinski definition) is 3. The molecule has 5 heteroatoms. The Morgan fingerprint density at radius 2 is 2.00 bits per heavy atom. The standard InChI is InChI=1S/C14H19N3O2/c1-8-9(2)12(19-4)6-5-10(8)13-11(7-15)14(18)17(3)16-13/h5-6,16H,7,15H2,1-4H3. The van der Waals surface area contributed by atoms with Gasteiger partial charge in [-0.15, -0.1) is 0 Å². The number of ether oxygens (including phenoxy) is 1. The Balaban J connectivity index is 2.70. The van der Waals surface area contributed by atoms with E-state index in [0.29, 0.717) is 5.56 Å².